The lowest BCUT2D eigenvalue weighted by atomic mass is 10.3. The van der Waals surface area contributed by atoms with Crippen molar-refractivity contribution in [3.8, 4) is 0 Å². The number of carboxylic acid groups (broad SMARTS) is 1. The smallest absolute Gasteiger partial charge is 0.327 e. The Labute approximate surface area is 117 Å². The summed E-state index contributed by atoms with van der Waals surface area (Å²) < 4.78 is 0.917. The Balaban J connectivity index is 1.91. The number of aliphatic carboxylic acids is 1. The Morgan fingerprint density at radius 2 is 1.95 bits per heavy atom. The number of imide groups is 1. The third-order valence-corrected chi connectivity index (χ3v) is 3.29. The lowest BCUT2D eigenvalue weighted by molar-refractivity contribution is -0.138. The van der Waals surface area contributed by atoms with Crippen LogP contribution in [0.5, 0.6) is 0 Å². The summed E-state index contributed by atoms with van der Waals surface area (Å²) in [6, 6.07) is 6.65. The normalized spacial score (nSPS) is 10.2. The molecule has 3 amide bonds. The van der Waals surface area contributed by atoms with Crippen LogP contribution in [0.4, 0.5) is 9.93 Å². The lowest BCUT2D eigenvalue weighted by Gasteiger charge is -2.02. The van der Waals surface area contributed by atoms with Gasteiger partial charge in [-0.1, -0.05) is 23.5 Å². The number of hydrogen-bond acceptors (Lipinski definition) is 5. The molecule has 0 saturated heterocycles. The van der Waals surface area contributed by atoms with Crippen molar-refractivity contribution < 1.29 is 19.5 Å². The van der Waals surface area contributed by atoms with E-state index < -0.39 is 17.9 Å². The molecule has 0 saturated carbocycles. The van der Waals surface area contributed by atoms with Crippen molar-refractivity contribution in [1.29, 1.82) is 0 Å². The van der Waals surface area contributed by atoms with Gasteiger partial charge in [0, 0.05) is 6.42 Å². The van der Waals surface area contributed by atoms with Gasteiger partial charge in [0.25, 0.3) is 0 Å². The van der Waals surface area contributed by atoms with Crippen LogP contribution < -0.4 is 10.6 Å². The van der Waals surface area contributed by atoms with Gasteiger partial charge in [-0.05, 0) is 12.1 Å². The highest BCUT2D eigenvalue weighted by molar-refractivity contribution is 7.22. The van der Waals surface area contributed by atoms with Crippen molar-refractivity contribution in [2.75, 3.05) is 5.32 Å². The number of carbonyl (C=O) groups excluding carboxylic acids is 2. The van der Waals surface area contributed by atoms with Crippen molar-refractivity contribution in [1.82, 2.24) is 10.3 Å². The van der Waals surface area contributed by atoms with E-state index in [4.69, 9.17) is 5.11 Å². The van der Waals surface area contributed by atoms with Crippen molar-refractivity contribution in [3.05, 3.63) is 24.3 Å². The number of amides is 3. The number of carbonyl (C=O) groups is 3. The molecule has 1 aromatic heterocycles. The Hall–Kier alpha value is -2.48. The number of nitrogens with zero attached hydrogens (tertiary/aromatic N) is 1. The first kappa shape index (κ1) is 13.9. The second-order valence-corrected chi connectivity index (χ2v) is 4.91. The van der Waals surface area contributed by atoms with Gasteiger partial charge in [0.2, 0.25) is 5.91 Å². The quantitative estimate of drug-likeness (QED) is 0.796. The zero-order valence-electron chi connectivity index (χ0n) is 10.3. The van der Waals surface area contributed by atoms with E-state index in [1.807, 2.05) is 29.6 Å². The Kier molecular flexibility index (Phi) is 4.26. The van der Waals surface area contributed by atoms with Crippen molar-refractivity contribution >= 4 is 44.6 Å². The monoisotopic (exact) mass is 293 g/mol. The molecule has 0 radical (unpaired) electrons. The molecule has 0 aliphatic heterocycles. The van der Waals surface area contributed by atoms with Gasteiger partial charge in [-0.15, -0.1) is 0 Å². The van der Waals surface area contributed by atoms with Crippen LogP contribution in [-0.2, 0) is 9.59 Å². The summed E-state index contributed by atoms with van der Waals surface area (Å²) >= 11 is 1.28. The molecule has 3 N–H and O–H groups in total. The van der Waals surface area contributed by atoms with E-state index in [-0.39, 0.29) is 12.8 Å². The largest absolute Gasteiger partial charge is 0.481 e. The number of para-hydroxylation sites is 1. The molecule has 0 aliphatic rings. The first-order valence-electron chi connectivity index (χ1n) is 5.73. The van der Waals surface area contributed by atoms with E-state index in [0.29, 0.717) is 5.13 Å². The van der Waals surface area contributed by atoms with E-state index in [0.717, 1.165) is 10.2 Å². The predicted octanol–water partition coefficient (Wildman–Crippen LogP) is 1.81. The average Bonchev–Trinajstić information content (AvgIpc) is 2.78. The Morgan fingerprint density at radius 3 is 2.65 bits per heavy atom. The number of hydrogen-bond donors (Lipinski definition) is 3. The van der Waals surface area contributed by atoms with Crippen molar-refractivity contribution in [3.63, 3.8) is 0 Å². The summed E-state index contributed by atoms with van der Waals surface area (Å²) in [6.07, 6.45) is -0.567. The number of fused-ring (bicyclic) bond motifs is 1. The minimum Gasteiger partial charge on any atom is -0.481 e. The molecule has 0 bridgehead atoms. The SMILES string of the molecule is O=C(O)CCC(=O)NC(=O)Nc1nc2ccccc2s1. The minimum absolute atomic E-state index is 0.247. The highest BCUT2D eigenvalue weighted by Gasteiger charge is 2.11. The average molecular weight is 293 g/mol. The van der Waals surface area contributed by atoms with Gasteiger partial charge in [-0.2, -0.15) is 0 Å². The summed E-state index contributed by atoms with van der Waals surface area (Å²) in [7, 11) is 0. The molecule has 1 heterocycles. The Morgan fingerprint density at radius 1 is 1.20 bits per heavy atom. The number of aromatic nitrogens is 1. The molecule has 2 aromatic rings. The highest BCUT2D eigenvalue weighted by atomic mass is 32.1. The first-order chi connectivity index (χ1) is 9.54. The number of rotatable bonds is 4. The maximum atomic E-state index is 11.5. The van der Waals surface area contributed by atoms with E-state index in [1.54, 1.807) is 0 Å². The van der Waals surface area contributed by atoms with Gasteiger partial charge in [0.15, 0.2) is 5.13 Å². The molecule has 20 heavy (non-hydrogen) atoms. The van der Waals surface area contributed by atoms with E-state index in [2.05, 4.69) is 10.3 Å². The Bertz CT molecular complexity index is 635. The summed E-state index contributed by atoms with van der Waals surface area (Å²) in [4.78, 5) is 37.3. The molecular weight excluding hydrogens is 282 g/mol. The number of nitrogens with one attached hydrogen (secondary N) is 2. The second kappa shape index (κ2) is 6.11. The van der Waals surface area contributed by atoms with Crippen molar-refractivity contribution in [2.45, 2.75) is 12.8 Å². The molecule has 0 spiro atoms. The van der Waals surface area contributed by atoms with Gasteiger partial charge >= 0.3 is 12.0 Å². The molecule has 0 aliphatic carbocycles. The van der Waals surface area contributed by atoms with Crippen LogP contribution in [-0.4, -0.2) is 28.0 Å². The second-order valence-electron chi connectivity index (χ2n) is 3.88. The fraction of sp³-hybridized carbons (Fsp3) is 0.167. The molecule has 0 atom stereocenters. The van der Waals surface area contributed by atoms with Crippen LogP contribution in [0, 0.1) is 0 Å². The third-order valence-electron chi connectivity index (χ3n) is 2.33. The van der Waals surface area contributed by atoms with Crippen molar-refractivity contribution in [2.24, 2.45) is 0 Å². The van der Waals surface area contributed by atoms with Crippen LogP contribution in [0.15, 0.2) is 24.3 Å². The minimum atomic E-state index is -1.09. The summed E-state index contributed by atoms with van der Waals surface area (Å²) in [6.45, 7) is 0. The molecular formula is C12H11N3O4S. The topological polar surface area (TPSA) is 108 Å². The van der Waals surface area contributed by atoms with E-state index in [1.165, 1.54) is 11.3 Å². The number of carboxylic acids is 1. The van der Waals surface area contributed by atoms with E-state index >= 15 is 0 Å². The molecule has 0 fully saturated rings. The molecule has 0 unspecified atom stereocenters. The van der Waals surface area contributed by atoms with Gasteiger partial charge in [-0.3, -0.25) is 20.2 Å². The van der Waals surface area contributed by atoms with Crippen LogP contribution in [0.3, 0.4) is 0 Å². The maximum Gasteiger partial charge on any atom is 0.327 e. The van der Waals surface area contributed by atoms with Crippen LogP contribution in [0.2, 0.25) is 0 Å². The molecule has 8 heteroatoms. The zero-order valence-corrected chi connectivity index (χ0v) is 11.1. The fourth-order valence-electron chi connectivity index (χ4n) is 1.46. The summed E-state index contributed by atoms with van der Waals surface area (Å²) in [5.41, 5.74) is 0.755. The van der Waals surface area contributed by atoms with Crippen LogP contribution >= 0.6 is 11.3 Å². The van der Waals surface area contributed by atoms with Crippen LogP contribution in [0.1, 0.15) is 12.8 Å². The summed E-state index contributed by atoms with van der Waals surface area (Å²) in [5.74, 6) is -1.74. The third kappa shape index (κ3) is 3.75. The number of benzene rings is 1. The molecule has 7 nitrogen and oxygen atoms in total. The van der Waals surface area contributed by atoms with E-state index in [9.17, 15) is 14.4 Å². The number of anilines is 1. The number of thiazole rings is 1. The maximum absolute atomic E-state index is 11.5. The zero-order chi connectivity index (χ0) is 14.5. The fourth-order valence-corrected chi connectivity index (χ4v) is 2.32. The molecule has 104 valence electrons. The molecule has 2 rings (SSSR count). The van der Waals surface area contributed by atoms with Gasteiger partial charge in [-0.25, -0.2) is 9.78 Å². The lowest BCUT2D eigenvalue weighted by Crippen LogP contribution is -2.34. The molecule has 1 aromatic carbocycles. The summed E-state index contributed by atoms with van der Waals surface area (Å²) in [5, 5.41) is 13.3. The van der Waals surface area contributed by atoms with Gasteiger partial charge < -0.3 is 5.11 Å². The van der Waals surface area contributed by atoms with Gasteiger partial charge in [0.1, 0.15) is 0 Å². The predicted molar refractivity (Wildman–Crippen MR) is 73.7 cm³/mol. The standard InChI is InChI=1S/C12H11N3O4S/c16-9(5-6-10(17)18)14-11(19)15-12-13-7-3-1-2-4-8(7)20-12/h1-4H,5-6H2,(H,17,18)(H2,13,14,15,16,19). The number of urea groups is 1. The van der Waals surface area contributed by atoms with Gasteiger partial charge in [0.05, 0.1) is 16.6 Å². The highest BCUT2D eigenvalue weighted by Crippen LogP contribution is 2.25. The first-order valence-corrected chi connectivity index (χ1v) is 6.54. The van der Waals surface area contributed by atoms with Crippen LogP contribution in [0.25, 0.3) is 10.2 Å².